The molecule has 3 heteroatoms. The summed E-state index contributed by atoms with van der Waals surface area (Å²) in [6.45, 7) is 0. The summed E-state index contributed by atoms with van der Waals surface area (Å²) in [4.78, 5) is 9.13. The Morgan fingerprint density at radius 3 is 2.00 bits per heavy atom. The van der Waals surface area contributed by atoms with Crippen molar-refractivity contribution in [2.24, 2.45) is 0 Å². The molecule has 0 fully saturated rings. The number of aromatic nitrogens is 2. The van der Waals surface area contributed by atoms with Gasteiger partial charge in [-0.25, -0.2) is 9.97 Å². The first-order chi connectivity index (χ1) is 7.90. The molecule has 2 aliphatic rings. The Morgan fingerprint density at radius 1 is 0.875 bits per heavy atom. The van der Waals surface area contributed by atoms with Gasteiger partial charge in [-0.15, -0.1) is 0 Å². The lowest BCUT2D eigenvalue weighted by Gasteiger charge is -2.01. The highest BCUT2D eigenvalue weighted by Gasteiger charge is 2.21. The summed E-state index contributed by atoms with van der Waals surface area (Å²) in [6.07, 6.45) is 8.93. The molecule has 4 rings (SSSR count). The van der Waals surface area contributed by atoms with Crippen molar-refractivity contribution in [3.05, 3.63) is 47.0 Å². The predicted molar refractivity (Wildman–Crippen MR) is 63.5 cm³/mol. The molecule has 0 saturated carbocycles. The summed E-state index contributed by atoms with van der Waals surface area (Å²) in [5.74, 6) is 0. The molecule has 0 radical (unpaired) electrons. The van der Waals surface area contributed by atoms with Crippen LogP contribution in [0.2, 0.25) is 0 Å². The molecule has 0 saturated heterocycles. The number of rotatable bonds is 0. The molecule has 2 heterocycles. The largest absolute Gasteiger partial charge is 0.368 e. The summed E-state index contributed by atoms with van der Waals surface area (Å²) in [5, 5.41) is 3.07. The molecule has 76 valence electrons. The first-order valence-electron chi connectivity index (χ1n) is 5.33. The van der Waals surface area contributed by atoms with Crippen LogP contribution in [0.25, 0.3) is 23.2 Å². The lowest BCUT2D eigenvalue weighted by molar-refractivity contribution is 1.22. The van der Waals surface area contributed by atoms with Crippen LogP contribution in [0.5, 0.6) is 0 Å². The van der Waals surface area contributed by atoms with Gasteiger partial charge in [0.2, 0.25) is 0 Å². The van der Waals surface area contributed by atoms with Gasteiger partial charge in [0.25, 0.3) is 0 Å². The van der Waals surface area contributed by atoms with E-state index in [1.165, 1.54) is 11.1 Å². The number of hydrogen-bond donors (Lipinski definition) is 1. The number of nitrogens with zero attached hydrogens (tertiary/aromatic N) is 2. The van der Waals surface area contributed by atoms with Crippen LogP contribution in [0.3, 0.4) is 0 Å². The van der Waals surface area contributed by atoms with Crippen LogP contribution in [0, 0.1) is 0 Å². The Balaban J connectivity index is 2.07. The molecule has 3 nitrogen and oxygen atoms in total. The average molecular weight is 207 g/mol. The number of fused-ring (bicyclic) bond motifs is 3. The second-order valence-electron chi connectivity index (χ2n) is 4.10. The van der Waals surface area contributed by atoms with Crippen LogP contribution in [0.4, 0.5) is 0 Å². The zero-order valence-corrected chi connectivity index (χ0v) is 8.57. The molecule has 0 spiro atoms. The summed E-state index contributed by atoms with van der Waals surface area (Å²) < 4.78 is 0. The normalized spacial score (nSPS) is 15.2. The van der Waals surface area contributed by atoms with Crippen molar-refractivity contribution in [1.82, 2.24) is 15.3 Å². The number of benzene rings is 1. The molecule has 1 aliphatic heterocycles. The highest BCUT2D eigenvalue weighted by Crippen LogP contribution is 2.28. The van der Waals surface area contributed by atoms with Crippen molar-refractivity contribution in [3.63, 3.8) is 0 Å². The average Bonchev–Trinajstić information content (AvgIpc) is 3.05. The Bertz CT molecular complexity index is 612. The van der Waals surface area contributed by atoms with Gasteiger partial charge in [0.15, 0.2) is 0 Å². The molecule has 1 aromatic carbocycles. The van der Waals surface area contributed by atoms with Gasteiger partial charge in [0.1, 0.15) is 0 Å². The van der Waals surface area contributed by atoms with E-state index >= 15 is 0 Å². The fraction of sp³-hybridized carbons (Fsp3) is 0.0769. The topological polar surface area (TPSA) is 37.8 Å². The maximum atomic E-state index is 4.57. The molecule has 2 aromatic rings. The highest BCUT2D eigenvalue weighted by atomic mass is 14.9. The van der Waals surface area contributed by atoms with E-state index in [1.54, 1.807) is 0 Å². The quantitative estimate of drug-likeness (QED) is 0.613. The fourth-order valence-electron chi connectivity index (χ4n) is 2.02. The van der Waals surface area contributed by atoms with Crippen LogP contribution in [0.1, 0.15) is 22.5 Å². The SMILES string of the molecule is C1=Cc2cc3nc4c(nc3cc2C=CN1)C4. The standard InChI is InChI=1S/C13H9N3/c1-3-14-4-2-9-6-11-10(5-8(1)9)15-12-7-13(12)16-11/h1-6,14H,7H2. The minimum absolute atomic E-state index is 0.965. The molecular formula is C13H9N3. The van der Waals surface area contributed by atoms with Gasteiger partial charge in [-0.05, 0) is 35.4 Å². The zero-order chi connectivity index (χ0) is 10.5. The first kappa shape index (κ1) is 8.05. The minimum atomic E-state index is 0.965. The molecule has 1 aromatic heterocycles. The van der Waals surface area contributed by atoms with Crippen LogP contribution in [0.15, 0.2) is 24.5 Å². The summed E-state index contributed by atoms with van der Waals surface area (Å²) >= 11 is 0. The maximum absolute atomic E-state index is 4.57. The van der Waals surface area contributed by atoms with Crippen LogP contribution < -0.4 is 5.32 Å². The van der Waals surface area contributed by atoms with E-state index in [0.717, 1.165) is 28.8 Å². The van der Waals surface area contributed by atoms with Gasteiger partial charge in [0, 0.05) is 18.8 Å². The van der Waals surface area contributed by atoms with E-state index in [9.17, 15) is 0 Å². The van der Waals surface area contributed by atoms with Crippen molar-refractivity contribution in [1.29, 1.82) is 0 Å². The zero-order valence-electron chi connectivity index (χ0n) is 8.57. The smallest absolute Gasteiger partial charge is 0.0896 e. The van der Waals surface area contributed by atoms with Crippen molar-refractivity contribution < 1.29 is 0 Å². The summed E-state index contributed by atoms with van der Waals surface area (Å²) in [7, 11) is 0. The molecule has 0 atom stereocenters. The fourth-order valence-corrected chi connectivity index (χ4v) is 2.02. The molecule has 1 aliphatic carbocycles. The van der Waals surface area contributed by atoms with E-state index in [4.69, 9.17) is 0 Å². The van der Waals surface area contributed by atoms with Crippen LogP contribution in [-0.4, -0.2) is 9.97 Å². The molecule has 0 amide bonds. The van der Waals surface area contributed by atoms with E-state index in [0.29, 0.717) is 0 Å². The number of nitrogens with one attached hydrogen (secondary N) is 1. The number of hydrogen-bond acceptors (Lipinski definition) is 3. The third-order valence-electron chi connectivity index (χ3n) is 2.95. The van der Waals surface area contributed by atoms with Gasteiger partial charge in [-0.1, -0.05) is 0 Å². The van der Waals surface area contributed by atoms with Crippen molar-refractivity contribution in [2.75, 3.05) is 0 Å². The highest BCUT2D eigenvalue weighted by molar-refractivity contribution is 5.84. The van der Waals surface area contributed by atoms with Crippen LogP contribution in [-0.2, 0) is 6.42 Å². The second-order valence-corrected chi connectivity index (χ2v) is 4.10. The maximum Gasteiger partial charge on any atom is 0.0896 e. The van der Waals surface area contributed by atoms with E-state index in [1.807, 2.05) is 12.4 Å². The third-order valence-corrected chi connectivity index (χ3v) is 2.95. The molecular weight excluding hydrogens is 198 g/mol. The van der Waals surface area contributed by atoms with E-state index in [-0.39, 0.29) is 0 Å². The van der Waals surface area contributed by atoms with E-state index < -0.39 is 0 Å². The molecule has 1 N–H and O–H groups in total. The molecule has 0 bridgehead atoms. The van der Waals surface area contributed by atoms with Crippen molar-refractivity contribution in [3.8, 4) is 0 Å². The summed E-state index contributed by atoms with van der Waals surface area (Å²) in [6, 6.07) is 4.20. The first-order valence-corrected chi connectivity index (χ1v) is 5.33. The second kappa shape index (κ2) is 2.70. The minimum Gasteiger partial charge on any atom is -0.368 e. The van der Waals surface area contributed by atoms with E-state index in [2.05, 4.69) is 39.6 Å². The van der Waals surface area contributed by atoms with Gasteiger partial charge in [-0.3, -0.25) is 0 Å². The monoisotopic (exact) mass is 207 g/mol. The lowest BCUT2D eigenvalue weighted by Crippen LogP contribution is -1.87. The summed E-state index contributed by atoms with van der Waals surface area (Å²) in [5.41, 5.74) is 6.66. The van der Waals surface area contributed by atoms with Gasteiger partial charge in [-0.2, -0.15) is 0 Å². The Kier molecular flexibility index (Phi) is 1.36. The Labute approximate surface area is 92.5 Å². The van der Waals surface area contributed by atoms with Gasteiger partial charge < -0.3 is 5.32 Å². The molecule has 0 unspecified atom stereocenters. The van der Waals surface area contributed by atoms with Crippen molar-refractivity contribution >= 4 is 23.2 Å². The Hall–Kier alpha value is -2.16. The predicted octanol–water partition coefficient (Wildman–Crippen LogP) is 2.08. The Morgan fingerprint density at radius 2 is 1.44 bits per heavy atom. The van der Waals surface area contributed by atoms with Crippen LogP contribution >= 0.6 is 0 Å². The molecule has 16 heavy (non-hydrogen) atoms. The van der Waals surface area contributed by atoms with Gasteiger partial charge in [0.05, 0.1) is 22.4 Å². The van der Waals surface area contributed by atoms with Gasteiger partial charge >= 0.3 is 0 Å². The third kappa shape index (κ3) is 1.08. The van der Waals surface area contributed by atoms with Crippen molar-refractivity contribution in [2.45, 2.75) is 6.42 Å². The lowest BCUT2D eigenvalue weighted by atomic mass is 10.1.